The Bertz CT molecular complexity index is 1090. The number of fused-ring (bicyclic) bond motifs is 5. The lowest BCUT2D eigenvalue weighted by Crippen LogP contribution is -2.51. The maximum absolute atomic E-state index is 12.8. The summed E-state index contributed by atoms with van der Waals surface area (Å²) < 4.78 is 6.10. The van der Waals surface area contributed by atoms with E-state index in [0.717, 1.165) is 74.0 Å². The fourth-order valence-corrected chi connectivity index (χ4v) is 11.2. The third-order valence-corrected chi connectivity index (χ3v) is 14.1. The summed E-state index contributed by atoms with van der Waals surface area (Å²) in [7, 11) is 0. The number of hydrogen-bond acceptors (Lipinski definition) is 2. The number of unbranched alkanes of at least 4 members (excludes halogenated alkanes) is 7. The van der Waals surface area contributed by atoms with E-state index < -0.39 is 0 Å². The highest BCUT2D eigenvalue weighted by atomic mass is 16.5. The summed E-state index contributed by atoms with van der Waals surface area (Å²) in [6.45, 7) is 14.9. The predicted molar refractivity (Wildman–Crippen MR) is 211 cm³/mol. The topological polar surface area (TPSA) is 26.3 Å². The number of ether oxygens (including phenoxy) is 1. The molecule has 4 aliphatic rings. The second kappa shape index (κ2) is 20.5. The zero-order chi connectivity index (χ0) is 35.1. The lowest BCUT2D eigenvalue weighted by Gasteiger charge is -2.58. The molecular formula is C47H78O2. The molecule has 0 aromatic heterocycles. The SMILES string of the molecule is CCCCCCCCC=CCC=CCC=CCCCC(=O)OC1CCC2(C)C(=CCC3C2CCC2(C)C(C(C)CCCC(C)C)CCC32)C1. The van der Waals surface area contributed by atoms with Crippen LogP contribution in [0.3, 0.4) is 0 Å². The second-order valence-electron chi connectivity index (χ2n) is 18.0. The van der Waals surface area contributed by atoms with E-state index in [1.165, 1.54) is 103 Å². The highest BCUT2D eigenvalue weighted by Gasteiger charge is 2.59. The maximum Gasteiger partial charge on any atom is 0.306 e. The minimum Gasteiger partial charge on any atom is -0.462 e. The van der Waals surface area contributed by atoms with Gasteiger partial charge in [-0.25, -0.2) is 0 Å². The number of rotatable bonds is 21. The van der Waals surface area contributed by atoms with E-state index in [-0.39, 0.29) is 12.1 Å². The van der Waals surface area contributed by atoms with Crippen LogP contribution in [0.2, 0.25) is 0 Å². The normalized spacial score (nSPS) is 32.1. The zero-order valence-corrected chi connectivity index (χ0v) is 33.2. The minimum atomic E-state index is 0.0110. The first-order valence-electron chi connectivity index (χ1n) is 21.5. The summed E-state index contributed by atoms with van der Waals surface area (Å²) >= 11 is 0. The van der Waals surface area contributed by atoms with Crippen LogP contribution < -0.4 is 0 Å². The summed E-state index contributed by atoms with van der Waals surface area (Å²) in [5, 5.41) is 0. The average molecular weight is 675 g/mol. The van der Waals surface area contributed by atoms with Crippen LogP contribution in [0.25, 0.3) is 0 Å². The molecule has 0 heterocycles. The number of allylic oxidation sites excluding steroid dienone is 7. The van der Waals surface area contributed by atoms with Crippen molar-refractivity contribution in [3.63, 3.8) is 0 Å². The molecule has 49 heavy (non-hydrogen) atoms. The molecule has 4 rings (SSSR count). The van der Waals surface area contributed by atoms with Crippen molar-refractivity contribution in [2.45, 2.75) is 195 Å². The van der Waals surface area contributed by atoms with Gasteiger partial charge in [0.2, 0.25) is 0 Å². The molecule has 3 fully saturated rings. The molecule has 278 valence electrons. The lowest BCUT2D eigenvalue weighted by molar-refractivity contribution is -0.151. The van der Waals surface area contributed by atoms with Crippen LogP contribution in [-0.2, 0) is 9.53 Å². The van der Waals surface area contributed by atoms with Gasteiger partial charge < -0.3 is 4.74 Å². The van der Waals surface area contributed by atoms with Crippen molar-refractivity contribution in [3.8, 4) is 0 Å². The van der Waals surface area contributed by atoms with Gasteiger partial charge in [-0.2, -0.15) is 0 Å². The van der Waals surface area contributed by atoms with Gasteiger partial charge in [0.25, 0.3) is 0 Å². The van der Waals surface area contributed by atoms with Crippen molar-refractivity contribution in [1.82, 2.24) is 0 Å². The van der Waals surface area contributed by atoms with Gasteiger partial charge in [0.1, 0.15) is 6.10 Å². The Morgan fingerprint density at radius 3 is 2.22 bits per heavy atom. The molecule has 0 bridgehead atoms. The van der Waals surface area contributed by atoms with Gasteiger partial charge in [-0.05, 0) is 130 Å². The maximum atomic E-state index is 12.8. The Balaban J connectivity index is 1.12. The number of carbonyl (C=O) groups excluding carboxylic acids is 1. The van der Waals surface area contributed by atoms with Gasteiger partial charge in [0, 0.05) is 12.8 Å². The molecule has 2 heteroatoms. The van der Waals surface area contributed by atoms with Gasteiger partial charge in [-0.15, -0.1) is 0 Å². The van der Waals surface area contributed by atoms with E-state index in [9.17, 15) is 4.79 Å². The van der Waals surface area contributed by atoms with Crippen LogP contribution in [0.15, 0.2) is 48.1 Å². The van der Waals surface area contributed by atoms with Crippen LogP contribution in [-0.4, -0.2) is 12.1 Å². The largest absolute Gasteiger partial charge is 0.462 e. The van der Waals surface area contributed by atoms with Gasteiger partial charge >= 0.3 is 5.97 Å². The molecule has 2 nitrogen and oxygen atoms in total. The highest BCUT2D eigenvalue weighted by molar-refractivity contribution is 5.69. The second-order valence-corrected chi connectivity index (χ2v) is 18.0. The molecule has 0 aliphatic heterocycles. The molecular weight excluding hydrogens is 597 g/mol. The monoisotopic (exact) mass is 675 g/mol. The van der Waals surface area contributed by atoms with Crippen LogP contribution in [0.4, 0.5) is 0 Å². The summed E-state index contributed by atoms with van der Waals surface area (Å²) in [6, 6.07) is 0. The van der Waals surface area contributed by atoms with Crippen molar-refractivity contribution in [3.05, 3.63) is 48.1 Å². The van der Waals surface area contributed by atoms with E-state index in [1.807, 2.05) is 0 Å². The van der Waals surface area contributed by atoms with Crippen molar-refractivity contribution in [2.24, 2.45) is 46.3 Å². The zero-order valence-electron chi connectivity index (χ0n) is 33.2. The Hall–Kier alpha value is -1.57. The minimum absolute atomic E-state index is 0.0110. The molecule has 0 aromatic carbocycles. The Kier molecular flexibility index (Phi) is 16.8. The van der Waals surface area contributed by atoms with E-state index in [4.69, 9.17) is 4.74 Å². The molecule has 0 radical (unpaired) electrons. The van der Waals surface area contributed by atoms with Gasteiger partial charge in [0.15, 0.2) is 0 Å². The fourth-order valence-electron chi connectivity index (χ4n) is 11.2. The van der Waals surface area contributed by atoms with E-state index in [1.54, 1.807) is 5.57 Å². The first-order chi connectivity index (χ1) is 23.7. The third-order valence-electron chi connectivity index (χ3n) is 14.1. The fraction of sp³-hybridized carbons (Fsp3) is 0.809. The molecule has 8 atom stereocenters. The first-order valence-corrected chi connectivity index (χ1v) is 21.5. The van der Waals surface area contributed by atoms with Gasteiger partial charge in [-0.1, -0.05) is 141 Å². The molecule has 0 aromatic rings. The summed E-state index contributed by atoms with van der Waals surface area (Å²) in [5.74, 6) is 5.22. The van der Waals surface area contributed by atoms with Gasteiger partial charge in [0.05, 0.1) is 0 Å². The van der Waals surface area contributed by atoms with E-state index in [0.29, 0.717) is 17.3 Å². The van der Waals surface area contributed by atoms with Crippen molar-refractivity contribution >= 4 is 5.97 Å². The van der Waals surface area contributed by atoms with Crippen LogP contribution in [0.1, 0.15) is 189 Å². The standard InChI is InChI=1S/C47H78O2/c1-7-8-9-10-11-12-13-14-15-16-17-18-19-20-21-22-23-27-45(48)49-40-32-34-46(5)39(36-40)28-29-41-43-31-30-42(38(4)26-24-25-37(2)3)47(43,6)35-33-44(41)46/h14-15,17-18,20-21,28,37-38,40-44H,7-13,16,19,22-27,29-36H2,1-6H3. The molecule has 3 saturated carbocycles. The molecule has 4 aliphatic carbocycles. The van der Waals surface area contributed by atoms with Crippen molar-refractivity contribution < 1.29 is 9.53 Å². The van der Waals surface area contributed by atoms with E-state index in [2.05, 4.69) is 84.1 Å². The van der Waals surface area contributed by atoms with Gasteiger partial charge in [-0.3, -0.25) is 4.79 Å². The molecule has 0 N–H and O–H groups in total. The Labute approximate surface area is 304 Å². The Morgan fingerprint density at radius 1 is 0.796 bits per heavy atom. The van der Waals surface area contributed by atoms with Crippen LogP contribution in [0.5, 0.6) is 0 Å². The van der Waals surface area contributed by atoms with Crippen LogP contribution >= 0.6 is 0 Å². The third kappa shape index (κ3) is 11.5. The molecule has 8 unspecified atom stereocenters. The lowest BCUT2D eigenvalue weighted by atomic mass is 9.47. The summed E-state index contributed by atoms with van der Waals surface area (Å²) in [5.41, 5.74) is 2.49. The smallest absolute Gasteiger partial charge is 0.306 e. The van der Waals surface area contributed by atoms with Crippen molar-refractivity contribution in [1.29, 1.82) is 0 Å². The number of hydrogen-bond donors (Lipinski definition) is 0. The summed E-state index contributed by atoms with van der Waals surface area (Å²) in [6.07, 6.45) is 44.7. The predicted octanol–water partition coefficient (Wildman–Crippen LogP) is 14.3. The summed E-state index contributed by atoms with van der Waals surface area (Å²) in [4.78, 5) is 12.8. The molecule has 0 spiro atoms. The Morgan fingerprint density at radius 2 is 1.49 bits per heavy atom. The highest BCUT2D eigenvalue weighted by Crippen LogP contribution is 2.67. The number of esters is 1. The molecule has 0 saturated heterocycles. The average Bonchev–Trinajstić information content (AvgIpc) is 3.43. The van der Waals surface area contributed by atoms with E-state index >= 15 is 0 Å². The molecule has 0 amide bonds. The quantitative estimate of drug-likeness (QED) is 0.0688. The van der Waals surface area contributed by atoms with Crippen LogP contribution in [0, 0.1) is 46.3 Å². The first kappa shape index (κ1) is 40.2. The van der Waals surface area contributed by atoms with Crippen molar-refractivity contribution in [2.75, 3.05) is 0 Å². The number of carbonyl (C=O) groups is 1.